The summed E-state index contributed by atoms with van der Waals surface area (Å²) in [5.74, 6) is -0.0126. The number of likely N-dealkylation sites (tertiary alicyclic amines) is 1. The summed E-state index contributed by atoms with van der Waals surface area (Å²) in [6.07, 6.45) is 1.07. The molecular weight excluding hydrogens is 500 g/mol. The van der Waals surface area contributed by atoms with Gasteiger partial charge in [0.05, 0.1) is 20.8 Å². The molecule has 1 fully saturated rings. The molecule has 1 aromatic carbocycles. The summed E-state index contributed by atoms with van der Waals surface area (Å²) in [5, 5.41) is 2.12. The average molecular weight is 539 g/mol. The Morgan fingerprint density at radius 3 is 2.18 bits per heavy atom. The number of piperidine rings is 1. The molecule has 0 spiro atoms. The van der Waals surface area contributed by atoms with Crippen LogP contribution in [0.25, 0.3) is 0 Å². The van der Waals surface area contributed by atoms with Gasteiger partial charge in [0.25, 0.3) is 0 Å². The Hall–Kier alpha value is -1.40. The highest BCUT2D eigenvalue weighted by atomic mass is 35.5. The Morgan fingerprint density at radius 1 is 1.03 bits per heavy atom. The summed E-state index contributed by atoms with van der Waals surface area (Å²) >= 11 is 0. The average Bonchev–Trinajstić information content (AvgIpc) is 2.79. The predicted octanol–water partition coefficient (Wildman–Crippen LogP) is 1.73. The van der Waals surface area contributed by atoms with E-state index in [9.17, 15) is 21.6 Å². The van der Waals surface area contributed by atoms with Crippen molar-refractivity contribution in [3.05, 3.63) is 24.3 Å². The number of halogens is 1. The van der Waals surface area contributed by atoms with Gasteiger partial charge in [-0.15, -0.1) is 12.4 Å². The standard InChI is InChI=1S/C22H38N4O5S2.ClH/c1-5-25(6-2)16-17-32(28,29)19-9-11-20(12-10-19)33(30,31)21-8-7-14-26(18-21)22(27)23-13-15-24(3)4;/h9-12,21H,5-8,13-18H2,1-4H3,(H,23,27);1H. The van der Waals surface area contributed by atoms with Crippen LogP contribution in [0.4, 0.5) is 4.79 Å². The highest BCUT2D eigenvalue weighted by molar-refractivity contribution is 7.92. The molecule has 1 saturated heterocycles. The van der Waals surface area contributed by atoms with E-state index in [2.05, 4.69) is 5.32 Å². The van der Waals surface area contributed by atoms with Crippen LogP contribution < -0.4 is 5.32 Å². The van der Waals surface area contributed by atoms with Crippen LogP contribution in [0.3, 0.4) is 0 Å². The number of carbonyl (C=O) groups excluding carboxylic acids is 1. The van der Waals surface area contributed by atoms with Gasteiger partial charge in [-0.3, -0.25) is 0 Å². The second kappa shape index (κ2) is 13.6. The van der Waals surface area contributed by atoms with Crippen molar-refractivity contribution < 1.29 is 21.6 Å². The monoisotopic (exact) mass is 538 g/mol. The van der Waals surface area contributed by atoms with Crippen LogP contribution in [0.15, 0.2) is 34.1 Å². The molecule has 1 N–H and O–H groups in total. The van der Waals surface area contributed by atoms with Gasteiger partial charge < -0.3 is 20.0 Å². The third kappa shape index (κ3) is 8.37. The first kappa shape index (κ1) is 30.6. The predicted molar refractivity (Wildman–Crippen MR) is 137 cm³/mol. The van der Waals surface area contributed by atoms with E-state index in [4.69, 9.17) is 0 Å². The van der Waals surface area contributed by atoms with Gasteiger partial charge in [0, 0.05) is 32.7 Å². The second-order valence-electron chi connectivity index (χ2n) is 8.61. The van der Waals surface area contributed by atoms with Crippen molar-refractivity contribution in [1.29, 1.82) is 0 Å². The van der Waals surface area contributed by atoms with E-state index < -0.39 is 24.9 Å². The molecule has 0 bridgehead atoms. The van der Waals surface area contributed by atoms with Gasteiger partial charge >= 0.3 is 6.03 Å². The fraction of sp³-hybridized carbons (Fsp3) is 0.682. The van der Waals surface area contributed by atoms with E-state index in [0.717, 1.165) is 13.1 Å². The fourth-order valence-corrected chi connectivity index (χ4v) is 6.85. The summed E-state index contributed by atoms with van der Waals surface area (Å²) in [4.78, 5) is 18.2. The van der Waals surface area contributed by atoms with Crippen LogP contribution in [-0.4, -0.2) is 108 Å². The van der Waals surface area contributed by atoms with E-state index in [1.54, 1.807) is 4.90 Å². The lowest BCUT2D eigenvalue weighted by molar-refractivity contribution is 0.186. The molecule has 1 aliphatic heterocycles. The zero-order chi connectivity index (χ0) is 24.6. The minimum Gasteiger partial charge on any atom is -0.337 e. The van der Waals surface area contributed by atoms with E-state index >= 15 is 0 Å². The van der Waals surface area contributed by atoms with Gasteiger partial charge in [-0.05, 0) is 64.3 Å². The van der Waals surface area contributed by atoms with Gasteiger partial charge in [0.2, 0.25) is 0 Å². The largest absolute Gasteiger partial charge is 0.337 e. The quantitative estimate of drug-likeness (QED) is 0.457. The van der Waals surface area contributed by atoms with Gasteiger partial charge in [-0.2, -0.15) is 0 Å². The maximum Gasteiger partial charge on any atom is 0.317 e. The third-order valence-electron chi connectivity index (χ3n) is 6.02. The fourth-order valence-electron chi connectivity index (χ4n) is 3.81. The van der Waals surface area contributed by atoms with Crippen LogP contribution in [0.1, 0.15) is 26.7 Å². The maximum atomic E-state index is 13.2. The minimum absolute atomic E-state index is 0. The molecule has 0 aromatic heterocycles. The number of benzene rings is 1. The van der Waals surface area contributed by atoms with E-state index in [1.807, 2.05) is 37.7 Å². The third-order valence-corrected chi connectivity index (χ3v) is 9.92. The Kier molecular flexibility index (Phi) is 12.3. The van der Waals surface area contributed by atoms with Crippen molar-refractivity contribution in [2.24, 2.45) is 0 Å². The van der Waals surface area contributed by atoms with E-state index in [0.29, 0.717) is 39.0 Å². The molecule has 12 heteroatoms. The first-order valence-corrected chi connectivity index (χ1v) is 14.7. The molecule has 2 amide bonds. The highest BCUT2D eigenvalue weighted by Crippen LogP contribution is 2.25. The normalized spacial score (nSPS) is 17.0. The number of amides is 2. The SMILES string of the molecule is CCN(CC)CCS(=O)(=O)c1ccc(S(=O)(=O)C2CCCN(C(=O)NCCN(C)C)C2)cc1.Cl. The Labute approximate surface area is 211 Å². The summed E-state index contributed by atoms with van der Waals surface area (Å²) in [5.41, 5.74) is 0. The van der Waals surface area contributed by atoms with Crippen molar-refractivity contribution in [3.63, 3.8) is 0 Å². The van der Waals surface area contributed by atoms with Gasteiger partial charge in [0.1, 0.15) is 0 Å². The summed E-state index contributed by atoms with van der Waals surface area (Å²) in [7, 11) is -3.36. The van der Waals surface area contributed by atoms with E-state index in [1.165, 1.54) is 24.3 Å². The zero-order valence-corrected chi connectivity index (χ0v) is 23.0. The molecule has 196 valence electrons. The lowest BCUT2D eigenvalue weighted by Crippen LogP contribution is -2.49. The summed E-state index contributed by atoms with van der Waals surface area (Å²) < 4.78 is 51.7. The van der Waals surface area contributed by atoms with Crippen molar-refractivity contribution in [3.8, 4) is 0 Å². The first-order valence-electron chi connectivity index (χ1n) is 11.5. The second-order valence-corrected chi connectivity index (χ2v) is 12.9. The van der Waals surface area contributed by atoms with Crippen LogP contribution in [-0.2, 0) is 19.7 Å². The molecule has 1 atom stereocenters. The smallest absolute Gasteiger partial charge is 0.317 e. The number of carbonyl (C=O) groups is 1. The van der Waals surface area contributed by atoms with Gasteiger partial charge in [-0.25, -0.2) is 21.6 Å². The highest BCUT2D eigenvalue weighted by Gasteiger charge is 2.34. The molecule has 1 heterocycles. The van der Waals surface area contributed by atoms with Gasteiger partial charge in [0.15, 0.2) is 19.7 Å². The van der Waals surface area contributed by atoms with Crippen LogP contribution in [0.5, 0.6) is 0 Å². The summed E-state index contributed by atoms with van der Waals surface area (Å²) in [6, 6.07) is 5.23. The summed E-state index contributed by atoms with van der Waals surface area (Å²) in [6.45, 7) is 7.78. The van der Waals surface area contributed by atoms with Crippen LogP contribution in [0.2, 0.25) is 0 Å². The van der Waals surface area contributed by atoms with Crippen LogP contribution >= 0.6 is 12.4 Å². The lowest BCUT2D eigenvalue weighted by Gasteiger charge is -2.32. The van der Waals surface area contributed by atoms with E-state index in [-0.39, 0.29) is 40.5 Å². The number of rotatable bonds is 11. The van der Waals surface area contributed by atoms with Crippen molar-refractivity contribution in [2.75, 3.05) is 65.7 Å². The number of hydrogen-bond donors (Lipinski definition) is 1. The minimum atomic E-state index is -3.69. The van der Waals surface area contributed by atoms with Crippen molar-refractivity contribution in [2.45, 2.75) is 41.7 Å². The Morgan fingerprint density at radius 2 is 1.62 bits per heavy atom. The molecule has 34 heavy (non-hydrogen) atoms. The van der Waals surface area contributed by atoms with Crippen molar-refractivity contribution >= 4 is 38.1 Å². The number of likely N-dealkylation sites (N-methyl/N-ethyl adjacent to an activating group) is 1. The number of sulfone groups is 2. The molecule has 9 nitrogen and oxygen atoms in total. The molecular formula is C22H39ClN4O5S2. The number of nitrogens with one attached hydrogen (secondary N) is 1. The number of nitrogens with zero attached hydrogens (tertiary/aromatic N) is 3. The number of hydrogen-bond acceptors (Lipinski definition) is 7. The molecule has 0 radical (unpaired) electrons. The Bertz CT molecular complexity index is 981. The topological polar surface area (TPSA) is 107 Å². The molecule has 1 aliphatic rings. The zero-order valence-electron chi connectivity index (χ0n) is 20.6. The lowest BCUT2D eigenvalue weighted by atomic mass is 10.1. The van der Waals surface area contributed by atoms with Crippen LogP contribution in [0, 0.1) is 0 Å². The molecule has 2 rings (SSSR count). The molecule has 1 aromatic rings. The molecule has 0 aliphatic carbocycles. The first-order chi connectivity index (χ1) is 15.5. The number of urea groups is 1. The molecule has 1 unspecified atom stereocenters. The molecule has 0 saturated carbocycles. The van der Waals surface area contributed by atoms with Crippen molar-refractivity contribution in [1.82, 2.24) is 20.0 Å². The van der Waals surface area contributed by atoms with Gasteiger partial charge in [-0.1, -0.05) is 13.8 Å². The maximum absolute atomic E-state index is 13.2. The Balaban J connectivity index is 0.00000578.